The number of nitrogens with one attached hydrogen (secondary N) is 1. The smallest absolute Gasteiger partial charge is 0.339 e. The number of carbonyl (C=O) groups is 2. The highest BCUT2D eigenvalue weighted by Crippen LogP contribution is 2.24. The molecule has 1 N–H and O–H groups in total. The highest BCUT2D eigenvalue weighted by molar-refractivity contribution is 6.03. The summed E-state index contributed by atoms with van der Waals surface area (Å²) < 4.78 is 10.1. The minimum atomic E-state index is -0.420. The summed E-state index contributed by atoms with van der Waals surface area (Å²) in [5.74, 6) is 0.421. The molecule has 0 aliphatic carbocycles. The standard InChI is InChI=1S/C22H29N3O4/c1-14-19(22(27)29-5)15(2)23-20(14)21(26)16(3)24-10-12-25(13-11-24)17-6-8-18(28-4)9-7-17/h6-9,16,23H,10-13H2,1-5H3. The number of nitrogens with zero attached hydrogens (tertiary/aromatic N) is 2. The van der Waals surface area contributed by atoms with Crippen molar-refractivity contribution in [3.05, 3.63) is 46.8 Å². The van der Waals surface area contributed by atoms with Crippen molar-refractivity contribution in [2.24, 2.45) is 0 Å². The van der Waals surface area contributed by atoms with E-state index in [1.165, 1.54) is 7.11 Å². The molecule has 1 aromatic carbocycles. The second-order valence-corrected chi connectivity index (χ2v) is 7.38. The largest absolute Gasteiger partial charge is 0.497 e. The zero-order chi connectivity index (χ0) is 21.1. The molecule has 1 aromatic heterocycles. The monoisotopic (exact) mass is 399 g/mol. The maximum Gasteiger partial charge on any atom is 0.339 e. The van der Waals surface area contributed by atoms with Crippen LogP contribution in [0, 0.1) is 13.8 Å². The number of esters is 1. The van der Waals surface area contributed by atoms with Crippen LogP contribution in [0.15, 0.2) is 24.3 Å². The van der Waals surface area contributed by atoms with Crippen LogP contribution in [0.3, 0.4) is 0 Å². The summed E-state index contributed by atoms with van der Waals surface area (Å²) in [6.07, 6.45) is 0. The molecule has 2 heterocycles. The summed E-state index contributed by atoms with van der Waals surface area (Å²) in [5, 5.41) is 0. The van der Waals surface area contributed by atoms with Gasteiger partial charge in [-0.3, -0.25) is 9.69 Å². The lowest BCUT2D eigenvalue weighted by Gasteiger charge is -2.38. The first-order valence-corrected chi connectivity index (χ1v) is 9.82. The molecule has 1 unspecified atom stereocenters. The van der Waals surface area contributed by atoms with Gasteiger partial charge in [0.2, 0.25) is 0 Å². The van der Waals surface area contributed by atoms with Crippen LogP contribution in [0.1, 0.15) is 39.0 Å². The lowest BCUT2D eigenvalue weighted by Crippen LogP contribution is -2.51. The maximum absolute atomic E-state index is 13.1. The van der Waals surface area contributed by atoms with Gasteiger partial charge >= 0.3 is 5.97 Å². The Morgan fingerprint density at radius 3 is 2.21 bits per heavy atom. The molecule has 3 rings (SSSR count). The van der Waals surface area contributed by atoms with Crippen LogP contribution in [0.2, 0.25) is 0 Å². The number of rotatable bonds is 6. The molecular weight excluding hydrogens is 370 g/mol. The summed E-state index contributed by atoms with van der Waals surface area (Å²) in [6, 6.07) is 7.77. The first kappa shape index (κ1) is 20.9. The molecule has 156 valence electrons. The maximum atomic E-state index is 13.1. The fraction of sp³-hybridized carbons (Fsp3) is 0.455. The third kappa shape index (κ3) is 4.15. The molecule has 0 bridgehead atoms. The van der Waals surface area contributed by atoms with Gasteiger partial charge in [0.25, 0.3) is 0 Å². The fourth-order valence-corrected chi connectivity index (χ4v) is 3.94. The third-order valence-corrected chi connectivity index (χ3v) is 5.75. The SMILES string of the molecule is COC(=O)c1c(C)[nH]c(C(=O)C(C)N2CCN(c3ccc(OC)cc3)CC2)c1C. The summed E-state index contributed by atoms with van der Waals surface area (Å²) in [4.78, 5) is 32.7. The number of anilines is 1. The Balaban J connectivity index is 1.66. The number of Topliss-reactive ketones (excluding diaryl/α,β-unsaturated/α-hetero) is 1. The Labute approximate surface area is 171 Å². The summed E-state index contributed by atoms with van der Waals surface area (Å²) in [7, 11) is 3.01. The first-order valence-electron chi connectivity index (χ1n) is 9.82. The second-order valence-electron chi connectivity index (χ2n) is 7.38. The second kappa shape index (κ2) is 8.69. The summed E-state index contributed by atoms with van der Waals surface area (Å²) >= 11 is 0. The molecule has 7 nitrogen and oxygen atoms in total. The molecule has 0 spiro atoms. The van der Waals surface area contributed by atoms with E-state index in [1.54, 1.807) is 21.0 Å². The van der Waals surface area contributed by atoms with Crippen LogP contribution < -0.4 is 9.64 Å². The van der Waals surface area contributed by atoms with E-state index in [-0.39, 0.29) is 11.8 Å². The number of carbonyl (C=O) groups excluding carboxylic acids is 2. The zero-order valence-electron chi connectivity index (χ0n) is 17.7. The zero-order valence-corrected chi connectivity index (χ0v) is 17.7. The lowest BCUT2D eigenvalue weighted by molar-refractivity contribution is 0.0599. The van der Waals surface area contributed by atoms with E-state index < -0.39 is 5.97 Å². The molecule has 0 radical (unpaired) electrons. The van der Waals surface area contributed by atoms with Crippen molar-refractivity contribution in [3.8, 4) is 5.75 Å². The molecule has 1 aliphatic heterocycles. The average molecular weight is 399 g/mol. The first-order chi connectivity index (χ1) is 13.9. The van der Waals surface area contributed by atoms with Gasteiger partial charge in [0.15, 0.2) is 5.78 Å². The van der Waals surface area contributed by atoms with Gasteiger partial charge < -0.3 is 19.4 Å². The van der Waals surface area contributed by atoms with E-state index in [1.807, 2.05) is 19.1 Å². The molecular formula is C22H29N3O4. The number of piperazine rings is 1. The van der Waals surface area contributed by atoms with Gasteiger partial charge in [-0.25, -0.2) is 4.79 Å². The molecule has 1 saturated heterocycles. The molecule has 7 heteroatoms. The normalized spacial score (nSPS) is 15.8. The highest BCUT2D eigenvalue weighted by Gasteiger charge is 2.30. The van der Waals surface area contributed by atoms with E-state index in [2.05, 4.69) is 26.9 Å². The van der Waals surface area contributed by atoms with Gasteiger partial charge in [-0.1, -0.05) is 0 Å². The number of methoxy groups -OCH3 is 2. The minimum Gasteiger partial charge on any atom is -0.497 e. The Morgan fingerprint density at radius 1 is 1.03 bits per heavy atom. The Bertz CT molecular complexity index is 880. The van der Waals surface area contributed by atoms with Crippen molar-refractivity contribution < 1.29 is 19.1 Å². The lowest BCUT2D eigenvalue weighted by atomic mass is 10.0. The van der Waals surface area contributed by atoms with Crippen molar-refractivity contribution >= 4 is 17.4 Å². The van der Waals surface area contributed by atoms with E-state index in [0.29, 0.717) is 22.5 Å². The van der Waals surface area contributed by atoms with Gasteiger partial charge in [0.1, 0.15) is 5.75 Å². The number of H-pyrrole nitrogens is 1. The van der Waals surface area contributed by atoms with E-state index >= 15 is 0 Å². The fourth-order valence-electron chi connectivity index (χ4n) is 3.94. The van der Waals surface area contributed by atoms with Gasteiger partial charge in [0, 0.05) is 37.6 Å². The Morgan fingerprint density at radius 2 is 1.66 bits per heavy atom. The third-order valence-electron chi connectivity index (χ3n) is 5.75. The van der Waals surface area contributed by atoms with Crippen molar-refractivity contribution in [2.75, 3.05) is 45.3 Å². The van der Waals surface area contributed by atoms with Crippen LogP contribution in [0.25, 0.3) is 0 Å². The number of hydrogen-bond donors (Lipinski definition) is 1. The highest BCUT2D eigenvalue weighted by atomic mass is 16.5. The molecule has 1 aliphatic rings. The number of hydrogen-bond acceptors (Lipinski definition) is 6. The molecule has 0 amide bonds. The van der Waals surface area contributed by atoms with Crippen LogP contribution >= 0.6 is 0 Å². The number of ether oxygens (including phenoxy) is 2. The minimum absolute atomic E-state index is 0.00125. The van der Waals surface area contributed by atoms with Gasteiger partial charge in [0.05, 0.1) is 31.5 Å². The molecule has 1 fully saturated rings. The van der Waals surface area contributed by atoms with Gasteiger partial charge in [-0.15, -0.1) is 0 Å². The van der Waals surface area contributed by atoms with Crippen LogP contribution in [-0.2, 0) is 4.74 Å². The van der Waals surface area contributed by atoms with Crippen molar-refractivity contribution in [3.63, 3.8) is 0 Å². The Kier molecular flexibility index (Phi) is 6.27. The predicted octanol–water partition coefficient (Wildman–Crippen LogP) is 2.82. The number of aryl methyl sites for hydroxylation is 1. The number of benzene rings is 1. The number of aromatic nitrogens is 1. The van der Waals surface area contributed by atoms with Crippen molar-refractivity contribution in [1.82, 2.24) is 9.88 Å². The van der Waals surface area contributed by atoms with Gasteiger partial charge in [-0.2, -0.15) is 0 Å². The van der Waals surface area contributed by atoms with Crippen molar-refractivity contribution in [2.45, 2.75) is 26.8 Å². The van der Waals surface area contributed by atoms with Crippen molar-refractivity contribution in [1.29, 1.82) is 0 Å². The average Bonchev–Trinajstić information content (AvgIpc) is 3.06. The van der Waals surface area contributed by atoms with E-state index in [4.69, 9.17) is 9.47 Å². The summed E-state index contributed by atoms with van der Waals surface area (Å²) in [6.45, 7) is 8.79. The van der Waals surface area contributed by atoms with Crippen LogP contribution in [0.4, 0.5) is 5.69 Å². The number of aromatic amines is 1. The topological polar surface area (TPSA) is 74.9 Å². The number of ketones is 1. The van der Waals surface area contributed by atoms with Gasteiger partial charge in [-0.05, 0) is 50.6 Å². The molecule has 29 heavy (non-hydrogen) atoms. The quantitative estimate of drug-likeness (QED) is 0.595. The van der Waals surface area contributed by atoms with E-state index in [0.717, 1.165) is 37.6 Å². The molecule has 2 aromatic rings. The van der Waals surface area contributed by atoms with Crippen LogP contribution in [0.5, 0.6) is 5.75 Å². The molecule has 0 saturated carbocycles. The predicted molar refractivity (Wildman–Crippen MR) is 112 cm³/mol. The van der Waals surface area contributed by atoms with Crippen LogP contribution in [-0.4, -0.2) is 68.1 Å². The summed E-state index contributed by atoms with van der Waals surface area (Å²) in [5.41, 5.74) is 3.42. The Hall–Kier alpha value is -2.80. The van der Waals surface area contributed by atoms with E-state index in [9.17, 15) is 9.59 Å². The molecule has 1 atom stereocenters.